The van der Waals surface area contributed by atoms with Crippen LogP contribution in [0.2, 0.25) is 0 Å². The maximum absolute atomic E-state index is 14.0. The number of rotatable bonds is 13. The number of hydrogen-bond donors (Lipinski definition) is 1. The largest absolute Gasteiger partial charge is 0.497 e. The van der Waals surface area contributed by atoms with E-state index >= 15 is 0 Å². The van der Waals surface area contributed by atoms with Gasteiger partial charge in [-0.25, -0.2) is 5.01 Å². The molecule has 1 aliphatic heterocycles. The molecule has 1 N–H and O–H groups in total. The van der Waals surface area contributed by atoms with Gasteiger partial charge in [0.05, 0.1) is 58.2 Å². The zero-order valence-electron chi connectivity index (χ0n) is 26.7. The molecule has 0 radical (unpaired) electrons. The predicted octanol–water partition coefficient (Wildman–Crippen LogP) is 5.35. The van der Waals surface area contributed by atoms with Gasteiger partial charge in [0.25, 0.3) is 11.8 Å². The summed E-state index contributed by atoms with van der Waals surface area (Å²) in [6, 6.07) is 25.9. The van der Waals surface area contributed by atoms with Crippen LogP contribution < -0.4 is 19.5 Å². The van der Waals surface area contributed by atoms with Gasteiger partial charge in [-0.2, -0.15) is 5.10 Å². The number of amides is 2. The van der Waals surface area contributed by atoms with Gasteiger partial charge in [-0.15, -0.1) is 10.2 Å². The third kappa shape index (κ3) is 7.05. The first-order chi connectivity index (χ1) is 23.5. The lowest BCUT2D eigenvalue weighted by Gasteiger charge is -2.24. The van der Waals surface area contributed by atoms with Crippen molar-refractivity contribution in [1.29, 1.82) is 0 Å². The molecular formula is C35H34N6O6S. The molecule has 0 spiro atoms. The van der Waals surface area contributed by atoms with Crippen molar-refractivity contribution in [3.05, 3.63) is 119 Å². The minimum atomic E-state index is -0.435. The van der Waals surface area contributed by atoms with Crippen molar-refractivity contribution < 1.29 is 28.2 Å². The third-order valence-corrected chi connectivity index (χ3v) is 8.79. The summed E-state index contributed by atoms with van der Waals surface area (Å²) in [5, 5.41) is 18.5. The Morgan fingerprint density at radius 1 is 0.917 bits per heavy atom. The quantitative estimate of drug-likeness (QED) is 0.165. The Hall–Kier alpha value is -5.56. The molecule has 3 heterocycles. The fourth-order valence-electron chi connectivity index (χ4n) is 5.44. The van der Waals surface area contributed by atoms with Crippen molar-refractivity contribution >= 4 is 29.3 Å². The van der Waals surface area contributed by atoms with Gasteiger partial charge in [0.2, 0.25) is 0 Å². The molecule has 12 nitrogen and oxygen atoms in total. The highest BCUT2D eigenvalue weighted by atomic mass is 32.2. The lowest BCUT2D eigenvalue weighted by Crippen LogP contribution is -2.29. The monoisotopic (exact) mass is 666 g/mol. The number of para-hydroxylation sites is 1. The van der Waals surface area contributed by atoms with E-state index in [2.05, 4.69) is 15.5 Å². The smallest absolute Gasteiger partial charge is 0.287 e. The highest BCUT2D eigenvalue weighted by molar-refractivity contribution is 7.99. The summed E-state index contributed by atoms with van der Waals surface area (Å²) in [4.78, 5) is 26.6. The fraction of sp³-hybridized carbons (Fsp3) is 0.229. The second-order valence-electron chi connectivity index (χ2n) is 10.7. The lowest BCUT2D eigenvalue weighted by molar-refractivity contribution is -0.130. The summed E-state index contributed by atoms with van der Waals surface area (Å²) in [5.74, 6) is 2.03. The van der Waals surface area contributed by atoms with Gasteiger partial charge in [0.1, 0.15) is 5.75 Å². The Kier molecular flexibility index (Phi) is 10.1. The number of methoxy groups -OCH3 is 3. The van der Waals surface area contributed by atoms with Crippen LogP contribution in [-0.4, -0.2) is 64.4 Å². The van der Waals surface area contributed by atoms with Gasteiger partial charge in [-0.3, -0.25) is 9.59 Å². The molecule has 48 heavy (non-hydrogen) atoms. The molecular weight excluding hydrogens is 632 g/mol. The van der Waals surface area contributed by atoms with Crippen molar-refractivity contribution in [1.82, 2.24) is 25.1 Å². The number of ether oxygens (including phenoxy) is 3. The number of carbonyl (C=O) groups is 2. The van der Waals surface area contributed by atoms with E-state index in [0.29, 0.717) is 35.4 Å². The average Bonchev–Trinajstić information content (AvgIpc) is 3.91. The van der Waals surface area contributed by atoms with E-state index in [1.165, 1.54) is 23.0 Å². The molecule has 0 saturated carbocycles. The summed E-state index contributed by atoms with van der Waals surface area (Å²) in [5.41, 5.74) is 3.44. The molecule has 13 heteroatoms. The number of thioether (sulfide) groups is 1. The van der Waals surface area contributed by atoms with E-state index in [1.807, 2.05) is 77.4 Å². The molecule has 3 aromatic carbocycles. The van der Waals surface area contributed by atoms with Crippen LogP contribution in [0.3, 0.4) is 0 Å². The van der Waals surface area contributed by atoms with Crippen LogP contribution in [0.5, 0.6) is 17.2 Å². The van der Waals surface area contributed by atoms with Crippen LogP contribution in [0.15, 0.2) is 106 Å². The number of hydrogen-bond acceptors (Lipinski definition) is 10. The van der Waals surface area contributed by atoms with Crippen LogP contribution in [-0.2, 0) is 17.9 Å². The van der Waals surface area contributed by atoms with Crippen LogP contribution in [0.1, 0.15) is 45.5 Å². The molecule has 6 rings (SSSR count). The Labute approximate surface area is 281 Å². The number of carbonyl (C=O) groups excluding carboxylic acids is 2. The average molecular weight is 667 g/mol. The van der Waals surface area contributed by atoms with Crippen molar-refractivity contribution in [2.45, 2.75) is 30.7 Å². The molecule has 2 amide bonds. The number of furan rings is 1. The predicted molar refractivity (Wildman–Crippen MR) is 179 cm³/mol. The van der Waals surface area contributed by atoms with Crippen molar-refractivity contribution in [2.24, 2.45) is 5.10 Å². The first-order valence-electron chi connectivity index (χ1n) is 15.1. The Balaban J connectivity index is 1.26. The van der Waals surface area contributed by atoms with E-state index in [4.69, 9.17) is 23.7 Å². The van der Waals surface area contributed by atoms with Gasteiger partial charge in [-0.05, 0) is 53.6 Å². The molecule has 2 aromatic heterocycles. The normalized spacial score (nSPS) is 14.0. The molecule has 0 aliphatic carbocycles. The minimum Gasteiger partial charge on any atom is -0.497 e. The molecule has 246 valence electrons. The maximum atomic E-state index is 14.0. The molecule has 0 unspecified atom stereocenters. The molecule has 0 saturated heterocycles. The standard InChI is InChI=1S/C35H34N6O6S/c1-44-25-16-14-24(15-17-25)27-19-28(26-11-7-12-29(45-2)33(26)46-3)41(39-27)32(42)22-48-35-38-37-31(20-36-34(43)30-13-8-18-47-30)40(35)21-23-9-5-4-6-10-23/h4-18,28H,19-22H2,1-3H3,(H,36,43)/t28-/m1/s1. The zero-order valence-corrected chi connectivity index (χ0v) is 27.5. The molecule has 1 atom stereocenters. The molecule has 0 fully saturated rings. The van der Waals surface area contributed by atoms with Gasteiger partial charge in [-0.1, -0.05) is 54.2 Å². The first-order valence-corrected chi connectivity index (χ1v) is 16.1. The zero-order chi connectivity index (χ0) is 33.5. The lowest BCUT2D eigenvalue weighted by atomic mass is 9.97. The number of benzene rings is 3. The second-order valence-corrected chi connectivity index (χ2v) is 11.7. The molecule has 0 bridgehead atoms. The van der Waals surface area contributed by atoms with Crippen LogP contribution in [0, 0.1) is 0 Å². The summed E-state index contributed by atoms with van der Waals surface area (Å²) < 4.78 is 23.8. The topological polar surface area (TPSA) is 133 Å². The highest BCUT2D eigenvalue weighted by Crippen LogP contribution is 2.42. The van der Waals surface area contributed by atoms with Crippen molar-refractivity contribution in [2.75, 3.05) is 27.1 Å². The SMILES string of the molecule is COc1ccc(C2=NN(C(=O)CSc3nnc(CNC(=O)c4ccco4)n3Cc3ccccc3)[C@@H](c3cccc(OC)c3OC)C2)cc1. The van der Waals surface area contributed by atoms with E-state index in [0.717, 1.165) is 28.2 Å². The maximum Gasteiger partial charge on any atom is 0.287 e. The second kappa shape index (κ2) is 14.9. The Morgan fingerprint density at radius 2 is 1.73 bits per heavy atom. The third-order valence-electron chi connectivity index (χ3n) is 7.84. The van der Waals surface area contributed by atoms with Gasteiger partial charge >= 0.3 is 0 Å². The summed E-state index contributed by atoms with van der Waals surface area (Å²) >= 11 is 1.26. The van der Waals surface area contributed by atoms with Crippen LogP contribution >= 0.6 is 11.8 Å². The first kappa shape index (κ1) is 32.4. The van der Waals surface area contributed by atoms with E-state index in [9.17, 15) is 9.59 Å². The fourth-order valence-corrected chi connectivity index (χ4v) is 6.25. The number of nitrogens with one attached hydrogen (secondary N) is 1. The Morgan fingerprint density at radius 3 is 2.44 bits per heavy atom. The summed E-state index contributed by atoms with van der Waals surface area (Å²) in [7, 11) is 4.78. The van der Waals surface area contributed by atoms with Crippen molar-refractivity contribution in [3.8, 4) is 17.2 Å². The molecule has 5 aromatic rings. The van der Waals surface area contributed by atoms with Crippen LogP contribution in [0.25, 0.3) is 0 Å². The summed E-state index contributed by atoms with van der Waals surface area (Å²) in [6.07, 6.45) is 1.91. The van der Waals surface area contributed by atoms with Crippen LogP contribution in [0.4, 0.5) is 0 Å². The minimum absolute atomic E-state index is 0.0356. The molecule has 1 aliphatic rings. The van der Waals surface area contributed by atoms with E-state index in [1.54, 1.807) is 33.5 Å². The van der Waals surface area contributed by atoms with E-state index in [-0.39, 0.29) is 29.9 Å². The van der Waals surface area contributed by atoms with Gasteiger partial charge in [0.15, 0.2) is 28.2 Å². The van der Waals surface area contributed by atoms with Crippen molar-refractivity contribution in [3.63, 3.8) is 0 Å². The summed E-state index contributed by atoms with van der Waals surface area (Å²) in [6.45, 7) is 0.566. The van der Waals surface area contributed by atoms with E-state index < -0.39 is 6.04 Å². The number of aromatic nitrogens is 3. The van der Waals surface area contributed by atoms with Gasteiger partial charge < -0.3 is 28.5 Å². The highest BCUT2D eigenvalue weighted by Gasteiger charge is 2.36. The number of hydrazone groups is 1. The Bertz CT molecular complexity index is 1890. The van der Waals surface area contributed by atoms with Gasteiger partial charge in [0, 0.05) is 12.0 Å². The number of nitrogens with zero attached hydrogens (tertiary/aromatic N) is 5.